The van der Waals surface area contributed by atoms with Crippen LogP contribution in [0.2, 0.25) is 0 Å². The molecular weight excluding hydrogens is 586 g/mol. The second-order valence-corrected chi connectivity index (χ2v) is 10.5. The molecule has 13 heteroatoms. The van der Waals surface area contributed by atoms with Crippen LogP contribution in [0.25, 0.3) is 11.1 Å². The number of aromatic nitrogens is 3. The Kier molecular flexibility index (Phi) is 9.15. The van der Waals surface area contributed by atoms with E-state index in [0.29, 0.717) is 44.9 Å². The molecule has 13 nitrogen and oxygen atoms in total. The van der Waals surface area contributed by atoms with Gasteiger partial charge >= 0.3 is 0 Å². The van der Waals surface area contributed by atoms with Gasteiger partial charge in [-0.15, -0.1) is 10.2 Å². The number of anilines is 3. The fraction of sp³-hybridized carbons (Fsp3) is 0.212. The Morgan fingerprint density at radius 1 is 1.00 bits per heavy atom. The normalized spacial score (nSPS) is 11.8. The summed E-state index contributed by atoms with van der Waals surface area (Å²) in [5, 5.41) is 35.6. The number of nitriles is 2. The lowest BCUT2D eigenvalue weighted by molar-refractivity contribution is -0.117. The van der Waals surface area contributed by atoms with E-state index in [2.05, 4.69) is 43.3 Å². The molecule has 0 saturated heterocycles. The quantitative estimate of drug-likeness (QED) is 0.235. The molecule has 1 aliphatic carbocycles. The smallest absolute Gasteiger partial charge is 0.273 e. The van der Waals surface area contributed by atoms with E-state index in [1.807, 2.05) is 0 Å². The lowest BCUT2D eigenvalue weighted by Crippen LogP contribution is -2.26. The molecule has 0 aliphatic heterocycles. The number of hydrogen-bond donors (Lipinski definition) is 3. The molecule has 0 spiro atoms. The molecule has 3 N–H and O–H groups in total. The van der Waals surface area contributed by atoms with Crippen LogP contribution in [0.4, 0.5) is 17.2 Å². The van der Waals surface area contributed by atoms with E-state index in [1.165, 1.54) is 31.3 Å². The summed E-state index contributed by atoms with van der Waals surface area (Å²) in [4.78, 5) is 43.9. The third kappa shape index (κ3) is 6.74. The highest BCUT2D eigenvalue weighted by Gasteiger charge is 2.30. The summed E-state index contributed by atoms with van der Waals surface area (Å²) >= 11 is 0. The minimum absolute atomic E-state index is 0.0126. The van der Waals surface area contributed by atoms with Crippen molar-refractivity contribution in [3.63, 3.8) is 0 Å². The van der Waals surface area contributed by atoms with Crippen LogP contribution in [-0.2, 0) is 11.3 Å². The van der Waals surface area contributed by atoms with Crippen molar-refractivity contribution >= 4 is 34.9 Å². The summed E-state index contributed by atoms with van der Waals surface area (Å²) in [5.41, 5.74) is 3.51. The second-order valence-electron chi connectivity index (χ2n) is 10.5. The van der Waals surface area contributed by atoms with Crippen LogP contribution >= 0.6 is 0 Å². The number of pyridine rings is 1. The summed E-state index contributed by atoms with van der Waals surface area (Å²) in [6.07, 6.45) is 3.15. The molecule has 1 aliphatic rings. The number of rotatable bonds is 10. The number of benzene rings is 2. The van der Waals surface area contributed by atoms with Crippen LogP contribution < -0.4 is 20.7 Å². The molecule has 5 rings (SSSR count). The first kappa shape index (κ1) is 31.1. The highest BCUT2D eigenvalue weighted by molar-refractivity contribution is 6.00. The van der Waals surface area contributed by atoms with Crippen LogP contribution in [0.1, 0.15) is 50.5 Å². The Balaban J connectivity index is 1.44. The molecule has 4 aromatic rings. The summed E-state index contributed by atoms with van der Waals surface area (Å²) < 4.78 is 5.78. The minimum atomic E-state index is -0.498. The zero-order valence-electron chi connectivity index (χ0n) is 25.3. The van der Waals surface area contributed by atoms with Gasteiger partial charge in [-0.05, 0) is 54.8 Å². The van der Waals surface area contributed by atoms with Crippen molar-refractivity contribution in [1.82, 2.24) is 25.4 Å². The Morgan fingerprint density at radius 2 is 1.76 bits per heavy atom. The van der Waals surface area contributed by atoms with E-state index in [0.717, 1.165) is 12.8 Å². The number of hydrogen-bond acceptors (Lipinski definition) is 10. The first-order valence-electron chi connectivity index (χ1n) is 14.3. The number of amides is 3. The highest BCUT2D eigenvalue weighted by atomic mass is 16.5. The van der Waals surface area contributed by atoms with Crippen molar-refractivity contribution in [1.29, 1.82) is 10.5 Å². The molecule has 1 fully saturated rings. The van der Waals surface area contributed by atoms with Crippen LogP contribution in [-0.4, -0.2) is 59.0 Å². The van der Waals surface area contributed by atoms with Gasteiger partial charge in [-0.25, -0.2) is 0 Å². The maximum Gasteiger partial charge on any atom is 0.273 e. The summed E-state index contributed by atoms with van der Waals surface area (Å²) in [6.45, 7) is 0.212. The minimum Gasteiger partial charge on any atom is -0.494 e. The number of nitrogens with one attached hydrogen (secondary N) is 3. The van der Waals surface area contributed by atoms with Gasteiger partial charge in [-0.1, -0.05) is 12.1 Å². The molecule has 0 atom stereocenters. The third-order valence-corrected chi connectivity index (χ3v) is 7.30. The number of ether oxygens (including phenoxy) is 1. The predicted molar refractivity (Wildman–Crippen MR) is 168 cm³/mol. The van der Waals surface area contributed by atoms with Crippen LogP contribution in [0.5, 0.6) is 5.75 Å². The Morgan fingerprint density at radius 3 is 2.41 bits per heavy atom. The number of methoxy groups -OCH3 is 1. The van der Waals surface area contributed by atoms with Crippen LogP contribution in [0, 0.1) is 28.6 Å². The Bertz CT molecular complexity index is 1910. The molecule has 0 unspecified atom stereocenters. The monoisotopic (exact) mass is 615 g/mol. The van der Waals surface area contributed by atoms with Crippen LogP contribution in [0.15, 0.2) is 60.8 Å². The Labute approximate surface area is 264 Å². The maximum atomic E-state index is 13.2. The molecule has 3 amide bonds. The highest BCUT2D eigenvalue weighted by Crippen LogP contribution is 2.41. The summed E-state index contributed by atoms with van der Waals surface area (Å²) in [5.74, 6) is -0.486. The lowest BCUT2D eigenvalue weighted by atomic mass is 9.96. The standard InChI is InChI=1S/C33H29N9O4/c1-36-32(44)29-26(15-27(40-41-29)39-31(43)21-6-7-21)38-25-11-10-23(17-35)28(30(25)46-3)20-4-8-22(9-5-20)33(45)42(2)18-24-14-19(16-34)12-13-37-24/h4-5,8-15,21H,6-7,18H2,1-3H3,(H,36,44)(H2,38,39,40,43). The number of carbonyl (C=O) groups excluding carboxylic acids is 3. The van der Waals surface area contributed by atoms with Crippen molar-refractivity contribution in [3.8, 4) is 29.0 Å². The summed E-state index contributed by atoms with van der Waals surface area (Å²) in [6, 6.07) is 19.0. The Hall–Kier alpha value is -6.34. The molecule has 2 heterocycles. The van der Waals surface area contributed by atoms with E-state index in [9.17, 15) is 19.6 Å². The second kappa shape index (κ2) is 13.5. The van der Waals surface area contributed by atoms with Gasteiger partial charge in [0.05, 0.1) is 54.0 Å². The van der Waals surface area contributed by atoms with Crippen LogP contribution in [0.3, 0.4) is 0 Å². The number of nitrogens with zero attached hydrogens (tertiary/aromatic N) is 6. The van der Waals surface area contributed by atoms with Crippen molar-refractivity contribution in [2.24, 2.45) is 5.92 Å². The van der Waals surface area contributed by atoms with Crippen molar-refractivity contribution in [2.45, 2.75) is 19.4 Å². The SMILES string of the molecule is CNC(=O)c1nnc(NC(=O)C2CC2)cc1Nc1ccc(C#N)c(-c2ccc(C(=O)N(C)Cc3cc(C#N)ccn3)cc2)c1OC. The van der Waals surface area contributed by atoms with Gasteiger partial charge in [0.25, 0.3) is 11.8 Å². The molecular formula is C33H29N9O4. The first-order valence-corrected chi connectivity index (χ1v) is 14.3. The first-order chi connectivity index (χ1) is 22.3. The van der Waals surface area contributed by atoms with Crippen molar-refractivity contribution in [2.75, 3.05) is 31.8 Å². The summed E-state index contributed by atoms with van der Waals surface area (Å²) in [7, 11) is 4.57. The van der Waals surface area contributed by atoms with Gasteiger partial charge in [-0.2, -0.15) is 10.5 Å². The third-order valence-electron chi connectivity index (χ3n) is 7.30. The van der Waals surface area contributed by atoms with Gasteiger partial charge in [0.2, 0.25) is 5.91 Å². The molecule has 46 heavy (non-hydrogen) atoms. The van der Waals surface area contributed by atoms with E-state index < -0.39 is 5.91 Å². The fourth-order valence-corrected chi connectivity index (χ4v) is 4.77. The fourth-order valence-electron chi connectivity index (χ4n) is 4.77. The van der Waals surface area contributed by atoms with Gasteiger partial charge in [0, 0.05) is 43.4 Å². The molecule has 0 bridgehead atoms. The topological polar surface area (TPSA) is 186 Å². The van der Waals surface area contributed by atoms with Gasteiger partial charge in [-0.3, -0.25) is 19.4 Å². The molecule has 0 radical (unpaired) electrons. The maximum absolute atomic E-state index is 13.2. The molecule has 2 aromatic heterocycles. The predicted octanol–water partition coefficient (Wildman–Crippen LogP) is 4.01. The zero-order chi connectivity index (χ0) is 32.8. The average Bonchev–Trinajstić information content (AvgIpc) is 3.94. The van der Waals surface area contributed by atoms with E-state index >= 15 is 0 Å². The van der Waals surface area contributed by atoms with Crippen molar-refractivity contribution < 1.29 is 19.1 Å². The molecule has 1 saturated carbocycles. The van der Waals surface area contributed by atoms with Gasteiger partial charge in [0.15, 0.2) is 17.3 Å². The van der Waals surface area contributed by atoms with E-state index in [1.54, 1.807) is 55.6 Å². The molecule has 230 valence electrons. The molecule has 2 aromatic carbocycles. The number of carbonyl (C=O) groups is 3. The average molecular weight is 616 g/mol. The lowest BCUT2D eigenvalue weighted by Gasteiger charge is -2.19. The van der Waals surface area contributed by atoms with E-state index in [-0.39, 0.29) is 41.5 Å². The largest absolute Gasteiger partial charge is 0.494 e. The van der Waals surface area contributed by atoms with Gasteiger partial charge in [0.1, 0.15) is 0 Å². The van der Waals surface area contributed by atoms with E-state index in [4.69, 9.17) is 10.00 Å². The van der Waals surface area contributed by atoms with Gasteiger partial charge < -0.3 is 25.6 Å². The van der Waals surface area contributed by atoms with Crippen molar-refractivity contribution in [3.05, 3.63) is 88.9 Å². The zero-order valence-corrected chi connectivity index (χ0v) is 25.3.